The van der Waals surface area contributed by atoms with Gasteiger partial charge in [-0.25, -0.2) is 13.8 Å². The molecule has 194 valence electrons. The van der Waals surface area contributed by atoms with Crippen LogP contribution in [0.5, 0.6) is 5.75 Å². The zero-order valence-corrected chi connectivity index (χ0v) is 20.5. The first-order valence-corrected chi connectivity index (χ1v) is 11.1. The van der Waals surface area contributed by atoms with Gasteiger partial charge in [0.25, 0.3) is 5.92 Å². The summed E-state index contributed by atoms with van der Waals surface area (Å²) in [7, 11) is 1.21. The Labute approximate surface area is 203 Å². The molecule has 0 saturated heterocycles. The number of benzene rings is 1. The van der Waals surface area contributed by atoms with Crippen molar-refractivity contribution in [1.82, 2.24) is 9.55 Å². The second kappa shape index (κ2) is 7.97. The van der Waals surface area contributed by atoms with Crippen LogP contribution in [0.2, 0.25) is 0 Å². The van der Waals surface area contributed by atoms with E-state index >= 15 is 0 Å². The first-order chi connectivity index (χ1) is 16.5. The zero-order chi connectivity index (χ0) is 27.1. The first kappa shape index (κ1) is 25.5. The van der Waals surface area contributed by atoms with Crippen molar-refractivity contribution in [1.29, 1.82) is 0 Å². The minimum atomic E-state index is -5.03. The molecule has 1 atom stereocenters. The van der Waals surface area contributed by atoms with Crippen LogP contribution in [-0.2, 0) is 6.18 Å². The summed E-state index contributed by atoms with van der Waals surface area (Å²) < 4.78 is 73.3. The largest absolute Gasteiger partial charge is 0.508 e. The summed E-state index contributed by atoms with van der Waals surface area (Å²) in [4.78, 5) is 17.9. The average molecular weight is 511 g/mol. The molecule has 1 unspecified atom stereocenters. The van der Waals surface area contributed by atoms with Gasteiger partial charge in [0.1, 0.15) is 17.3 Å². The number of ketones is 1. The molecule has 0 saturated carbocycles. The van der Waals surface area contributed by atoms with Crippen molar-refractivity contribution in [3.8, 4) is 11.4 Å². The normalized spacial score (nSPS) is 16.1. The van der Waals surface area contributed by atoms with Gasteiger partial charge in [-0.1, -0.05) is 19.9 Å². The molecule has 0 bridgehead atoms. The molecule has 1 aliphatic rings. The molecule has 0 amide bonds. The van der Waals surface area contributed by atoms with Gasteiger partial charge >= 0.3 is 6.18 Å². The predicted molar refractivity (Wildman–Crippen MR) is 127 cm³/mol. The fourth-order valence-electron chi connectivity index (χ4n) is 4.74. The lowest BCUT2D eigenvalue weighted by molar-refractivity contribution is -0.139. The van der Waals surface area contributed by atoms with Gasteiger partial charge in [0.05, 0.1) is 16.8 Å². The summed E-state index contributed by atoms with van der Waals surface area (Å²) >= 11 is 0. The van der Waals surface area contributed by atoms with Crippen molar-refractivity contribution in [2.45, 2.75) is 52.9 Å². The van der Waals surface area contributed by atoms with Gasteiger partial charge in [-0.2, -0.15) is 13.2 Å². The van der Waals surface area contributed by atoms with Gasteiger partial charge in [-0.3, -0.25) is 9.36 Å². The number of hydrogen-bond donors (Lipinski definition) is 3. The predicted octanol–water partition coefficient (Wildman–Crippen LogP) is 5.63. The van der Waals surface area contributed by atoms with Crippen molar-refractivity contribution < 1.29 is 31.9 Å². The number of aromatic hydroxyl groups is 1. The summed E-state index contributed by atoms with van der Waals surface area (Å²) in [5.41, 5.74) is 5.31. The van der Waals surface area contributed by atoms with Gasteiger partial charge in [0, 0.05) is 30.8 Å². The lowest BCUT2D eigenvalue weighted by Crippen LogP contribution is -2.46. The number of aromatic nitrogens is 2. The molecule has 0 radical (unpaired) electrons. The summed E-state index contributed by atoms with van der Waals surface area (Å²) in [6, 6.07) is 2.96. The smallest absolute Gasteiger partial charge is 0.434 e. The fraction of sp³-hybridized carbons (Fsp3) is 0.417. The van der Waals surface area contributed by atoms with E-state index < -0.39 is 46.6 Å². The van der Waals surface area contributed by atoms with Crippen molar-refractivity contribution in [2.75, 3.05) is 23.0 Å². The van der Waals surface area contributed by atoms with Crippen LogP contribution in [-0.4, -0.2) is 39.6 Å². The number of Topliss-reactive ketones (excluding diaryl/α,β-unsaturated/α-hetero) is 1. The monoisotopic (exact) mass is 511 g/mol. The highest BCUT2D eigenvalue weighted by atomic mass is 19.4. The third-order valence-corrected chi connectivity index (χ3v) is 6.47. The van der Waals surface area contributed by atoms with Gasteiger partial charge < -0.3 is 21.1 Å². The van der Waals surface area contributed by atoms with Crippen molar-refractivity contribution in [2.24, 2.45) is 5.92 Å². The Hall–Kier alpha value is -3.57. The molecule has 12 heteroatoms. The SMILES string of the molecule is Cc1ccc(O)c(C)c1-n1c(N)c(C(=O)C(C)C)c2c(C(F)(F)F)nc3c(c21)NC(C(C)(F)F)N3C. The number of fused-ring (bicyclic) bond motifs is 3. The maximum absolute atomic E-state index is 14.4. The quantitative estimate of drug-likeness (QED) is 0.310. The number of aryl methyl sites for hydroxylation is 1. The number of nitrogens with two attached hydrogens (primary N) is 1. The van der Waals surface area contributed by atoms with Crippen LogP contribution < -0.4 is 16.0 Å². The van der Waals surface area contributed by atoms with E-state index in [1.165, 1.54) is 31.5 Å². The molecule has 7 nitrogen and oxygen atoms in total. The molecular weight excluding hydrogens is 485 g/mol. The molecule has 36 heavy (non-hydrogen) atoms. The van der Waals surface area contributed by atoms with Gasteiger partial charge in [-0.15, -0.1) is 0 Å². The molecule has 4 N–H and O–H groups in total. The number of hydrogen-bond acceptors (Lipinski definition) is 6. The van der Waals surface area contributed by atoms with Crippen molar-refractivity contribution in [3.63, 3.8) is 0 Å². The number of halogens is 5. The van der Waals surface area contributed by atoms with Crippen LogP contribution in [0, 0.1) is 19.8 Å². The van der Waals surface area contributed by atoms with E-state index in [1.54, 1.807) is 19.9 Å². The number of anilines is 3. The Morgan fingerprint density at radius 1 is 1.19 bits per heavy atom. The number of carbonyl (C=O) groups excluding carboxylic acids is 1. The minimum absolute atomic E-state index is 0.122. The second-order valence-electron chi connectivity index (χ2n) is 9.48. The van der Waals surface area contributed by atoms with Crippen molar-refractivity contribution >= 4 is 34.0 Å². The maximum Gasteiger partial charge on any atom is 0.434 e. The Bertz CT molecular complexity index is 1410. The van der Waals surface area contributed by atoms with Crippen LogP contribution in [0.25, 0.3) is 16.6 Å². The molecular formula is C24H26F5N5O2. The topological polar surface area (TPSA) is 96.4 Å². The number of pyridine rings is 1. The van der Waals surface area contributed by atoms with Crippen molar-refractivity contribution in [3.05, 3.63) is 34.5 Å². The minimum Gasteiger partial charge on any atom is -0.508 e. The molecule has 3 aromatic rings. The van der Waals surface area contributed by atoms with E-state index in [0.717, 1.165) is 4.90 Å². The van der Waals surface area contributed by atoms with Crippen LogP contribution in [0.1, 0.15) is 48.0 Å². The van der Waals surface area contributed by atoms with Crippen LogP contribution >= 0.6 is 0 Å². The highest BCUT2D eigenvalue weighted by molar-refractivity contribution is 6.18. The Kier molecular flexibility index (Phi) is 5.65. The number of rotatable bonds is 4. The third-order valence-electron chi connectivity index (χ3n) is 6.47. The molecule has 4 rings (SSSR count). The Morgan fingerprint density at radius 2 is 1.81 bits per heavy atom. The maximum atomic E-state index is 14.4. The highest BCUT2D eigenvalue weighted by Crippen LogP contribution is 2.50. The highest BCUT2D eigenvalue weighted by Gasteiger charge is 2.48. The first-order valence-electron chi connectivity index (χ1n) is 11.1. The van der Waals surface area contributed by atoms with Gasteiger partial charge in [0.2, 0.25) is 0 Å². The summed E-state index contributed by atoms with van der Waals surface area (Å²) in [5, 5.41) is 12.4. The number of nitrogen functional groups attached to an aromatic ring is 1. The molecule has 1 aliphatic heterocycles. The molecule has 3 heterocycles. The number of carbonyl (C=O) groups is 1. The molecule has 0 fully saturated rings. The molecule has 2 aromatic heterocycles. The third kappa shape index (κ3) is 3.61. The van der Waals surface area contributed by atoms with E-state index in [0.29, 0.717) is 12.5 Å². The lowest BCUT2D eigenvalue weighted by atomic mass is 9.98. The Morgan fingerprint density at radius 3 is 2.33 bits per heavy atom. The number of nitrogens with zero attached hydrogens (tertiary/aromatic N) is 3. The summed E-state index contributed by atoms with van der Waals surface area (Å²) in [6.07, 6.45) is -6.74. The average Bonchev–Trinajstić information content (AvgIpc) is 3.24. The Balaban J connectivity index is 2.30. The van der Waals surface area contributed by atoms with Crippen LogP contribution in [0.4, 0.5) is 39.3 Å². The number of phenolic OH excluding ortho intramolecular Hbond substituents is 1. The van der Waals surface area contributed by atoms with E-state index in [1.807, 2.05) is 0 Å². The molecule has 0 aliphatic carbocycles. The van der Waals surface area contributed by atoms with Gasteiger partial charge in [-0.05, 0) is 25.5 Å². The molecule has 0 spiro atoms. The van der Waals surface area contributed by atoms with E-state index in [2.05, 4.69) is 10.3 Å². The summed E-state index contributed by atoms with van der Waals surface area (Å²) in [5.74, 6) is -5.58. The zero-order valence-electron chi connectivity index (χ0n) is 20.5. The van der Waals surface area contributed by atoms with Crippen LogP contribution in [0.15, 0.2) is 12.1 Å². The number of nitrogens with one attached hydrogen (secondary N) is 1. The fourth-order valence-corrected chi connectivity index (χ4v) is 4.74. The lowest BCUT2D eigenvalue weighted by Gasteiger charge is -2.26. The van der Waals surface area contributed by atoms with Gasteiger partial charge in [0.15, 0.2) is 23.5 Å². The second-order valence-corrected chi connectivity index (χ2v) is 9.48. The standard InChI is InChI=1S/C24H26F5N5O2/c1-9(2)18(36)14-13-17(34(20(14)30)16-10(3)7-8-12(35)11(16)4)15-21(32-19(13)24(27,28)29)33(6)22(31-15)23(5,25)26/h7-9,22,31,35H,30H2,1-6H3. The van der Waals surface area contributed by atoms with E-state index in [4.69, 9.17) is 5.73 Å². The van der Waals surface area contributed by atoms with Crippen LogP contribution in [0.3, 0.4) is 0 Å². The molecule has 1 aromatic carbocycles. The van der Waals surface area contributed by atoms with E-state index in [-0.39, 0.29) is 39.8 Å². The summed E-state index contributed by atoms with van der Waals surface area (Å²) in [6.45, 7) is 6.87. The number of phenols is 1. The van der Waals surface area contributed by atoms with E-state index in [9.17, 15) is 31.9 Å². The number of alkyl halides is 5.